The van der Waals surface area contributed by atoms with Crippen LogP contribution in [0.15, 0.2) is 18.2 Å². The van der Waals surface area contributed by atoms with E-state index in [0.717, 1.165) is 5.75 Å². The van der Waals surface area contributed by atoms with Crippen LogP contribution in [0.3, 0.4) is 0 Å². The van der Waals surface area contributed by atoms with E-state index >= 15 is 0 Å². The van der Waals surface area contributed by atoms with Gasteiger partial charge in [-0.25, -0.2) is 5.43 Å². The van der Waals surface area contributed by atoms with E-state index in [-0.39, 0.29) is 5.91 Å². The van der Waals surface area contributed by atoms with Gasteiger partial charge in [0.2, 0.25) is 5.91 Å². The molecule has 1 amide bonds. The van der Waals surface area contributed by atoms with Crippen molar-refractivity contribution in [2.75, 3.05) is 13.7 Å². The molecule has 0 saturated heterocycles. The molecule has 1 rings (SSSR count). The van der Waals surface area contributed by atoms with Crippen molar-refractivity contribution in [2.45, 2.75) is 26.7 Å². The Bertz CT molecular complexity index is 378. The molecular formula is C13H20N2O2. The molecule has 1 aromatic carbocycles. The molecule has 0 aliphatic rings. The molecule has 0 aliphatic carbocycles. The summed E-state index contributed by atoms with van der Waals surface area (Å²) in [6, 6.07) is 6.01. The predicted molar refractivity (Wildman–Crippen MR) is 67.8 cm³/mol. The average Bonchev–Trinajstić information content (AvgIpc) is 2.29. The number of benzene rings is 1. The number of hydrazine groups is 1. The molecule has 2 N–H and O–H groups in total. The van der Waals surface area contributed by atoms with Gasteiger partial charge in [0.15, 0.2) is 0 Å². The second kappa shape index (κ2) is 6.91. The van der Waals surface area contributed by atoms with E-state index in [4.69, 9.17) is 4.74 Å². The van der Waals surface area contributed by atoms with Crippen molar-refractivity contribution < 1.29 is 9.53 Å². The van der Waals surface area contributed by atoms with E-state index in [1.807, 2.05) is 18.2 Å². The van der Waals surface area contributed by atoms with Crippen LogP contribution in [-0.4, -0.2) is 19.6 Å². The highest BCUT2D eigenvalue weighted by Crippen LogP contribution is 2.16. The highest BCUT2D eigenvalue weighted by atomic mass is 16.5. The Hall–Kier alpha value is -1.55. The molecule has 1 aromatic rings. The van der Waals surface area contributed by atoms with Crippen LogP contribution in [0.5, 0.6) is 5.75 Å². The van der Waals surface area contributed by atoms with Gasteiger partial charge >= 0.3 is 0 Å². The third-order valence-corrected chi connectivity index (χ3v) is 2.56. The summed E-state index contributed by atoms with van der Waals surface area (Å²) in [6.45, 7) is 4.68. The maximum absolute atomic E-state index is 11.1. The number of hydrogen-bond acceptors (Lipinski definition) is 3. The van der Waals surface area contributed by atoms with Crippen LogP contribution in [0.1, 0.15) is 24.0 Å². The number of carbonyl (C=O) groups is 1. The van der Waals surface area contributed by atoms with Crippen molar-refractivity contribution in [3.05, 3.63) is 29.3 Å². The second-order valence-corrected chi connectivity index (χ2v) is 4.00. The molecule has 0 spiro atoms. The molecule has 0 fully saturated rings. The first-order chi connectivity index (χ1) is 8.13. The lowest BCUT2D eigenvalue weighted by molar-refractivity contribution is -0.122. The lowest BCUT2D eigenvalue weighted by atomic mass is 10.1. The fourth-order valence-electron chi connectivity index (χ4n) is 1.43. The molecule has 0 radical (unpaired) electrons. The van der Waals surface area contributed by atoms with Crippen LogP contribution in [0.4, 0.5) is 0 Å². The van der Waals surface area contributed by atoms with Crippen LogP contribution in [0, 0.1) is 13.8 Å². The van der Waals surface area contributed by atoms with E-state index in [9.17, 15) is 4.79 Å². The second-order valence-electron chi connectivity index (χ2n) is 4.00. The van der Waals surface area contributed by atoms with Gasteiger partial charge in [0, 0.05) is 13.5 Å². The minimum absolute atomic E-state index is 0.0174. The molecule has 0 atom stereocenters. The summed E-state index contributed by atoms with van der Waals surface area (Å²) >= 11 is 0. The monoisotopic (exact) mass is 236 g/mol. The topological polar surface area (TPSA) is 50.4 Å². The van der Waals surface area contributed by atoms with Crippen LogP contribution in [0.2, 0.25) is 0 Å². The summed E-state index contributed by atoms with van der Waals surface area (Å²) in [7, 11) is 1.67. The van der Waals surface area contributed by atoms with E-state index in [2.05, 4.69) is 24.7 Å². The smallest absolute Gasteiger partial charge is 0.234 e. The average molecular weight is 236 g/mol. The molecule has 94 valence electrons. The van der Waals surface area contributed by atoms with Gasteiger partial charge < -0.3 is 4.74 Å². The van der Waals surface area contributed by atoms with E-state index in [1.165, 1.54) is 11.1 Å². The third kappa shape index (κ3) is 4.87. The van der Waals surface area contributed by atoms with E-state index < -0.39 is 0 Å². The first-order valence-electron chi connectivity index (χ1n) is 5.79. The van der Waals surface area contributed by atoms with Crippen LogP contribution >= 0.6 is 0 Å². The highest BCUT2D eigenvalue weighted by molar-refractivity contribution is 5.75. The van der Waals surface area contributed by atoms with Gasteiger partial charge in [-0.3, -0.25) is 10.2 Å². The van der Waals surface area contributed by atoms with Crippen molar-refractivity contribution >= 4 is 5.91 Å². The zero-order valence-electron chi connectivity index (χ0n) is 10.7. The van der Waals surface area contributed by atoms with Gasteiger partial charge in [-0.05, 0) is 43.5 Å². The molecule has 0 heterocycles. The van der Waals surface area contributed by atoms with Gasteiger partial charge in [-0.1, -0.05) is 6.07 Å². The van der Waals surface area contributed by atoms with Crippen molar-refractivity contribution in [2.24, 2.45) is 0 Å². The Balaban J connectivity index is 2.26. The van der Waals surface area contributed by atoms with Gasteiger partial charge in [-0.2, -0.15) is 0 Å². The first kappa shape index (κ1) is 13.5. The predicted octanol–water partition coefficient (Wildman–Crippen LogP) is 1.71. The molecule has 0 unspecified atom stereocenters. The fourth-order valence-corrected chi connectivity index (χ4v) is 1.43. The number of rotatable bonds is 6. The van der Waals surface area contributed by atoms with E-state index in [1.54, 1.807) is 7.05 Å². The Morgan fingerprint density at radius 1 is 1.29 bits per heavy atom. The van der Waals surface area contributed by atoms with Crippen molar-refractivity contribution in [1.29, 1.82) is 0 Å². The molecule has 0 bridgehead atoms. The summed E-state index contributed by atoms with van der Waals surface area (Å²) in [5.41, 5.74) is 7.59. The number of nitrogens with one attached hydrogen (secondary N) is 2. The Kier molecular flexibility index (Phi) is 5.49. The molecule has 4 nitrogen and oxygen atoms in total. The first-order valence-corrected chi connectivity index (χ1v) is 5.79. The maximum atomic E-state index is 11.1. The quantitative estimate of drug-likeness (QED) is 0.584. The minimum atomic E-state index is -0.0174. The molecule has 4 heteroatoms. The zero-order chi connectivity index (χ0) is 12.7. The molecule has 0 aromatic heterocycles. The van der Waals surface area contributed by atoms with Crippen molar-refractivity contribution in [1.82, 2.24) is 10.9 Å². The number of carbonyl (C=O) groups excluding carboxylic acids is 1. The van der Waals surface area contributed by atoms with Crippen LogP contribution in [0.25, 0.3) is 0 Å². The summed E-state index contributed by atoms with van der Waals surface area (Å²) in [6.07, 6.45) is 1.17. The van der Waals surface area contributed by atoms with Gasteiger partial charge in [0.25, 0.3) is 0 Å². The summed E-state index contributed by atoms with van der Waals surface area (Å²) in [5, 5.41) is 0. The Labute approximate surface area is 102 Å². The normalized spacial score (nSPS) is 10.1. The number of aryl methyl sites for hydroxylation is 2. The summed E-state index contributed by atoms with van der Waals surface area (Å²) < 4.78 is 5.57. The van der Waals surface area contributed by atoms with Crippen molar-refractivity contribution in [3.63, 3.8) is 0 Å². The minimum Gasteiger partial charge on any atom is -0.494 e. The number of amides is 1. The SMILES string of the molecule is CNNC(=O)CCCOc1ccc(C)c(C)c1. The lowest BCUT2D eigenvalue weighted by Gasteiger charge is -2.08. The molecular weight excluding hydrogens is 216 g/mol. The lowest BCUT2D eigenvalue weighted by Crippen LogP contribution is -2.34. The van der Waals surface area contributed by atoms with Gasteiger partial charge in [-0.15, -0.1) is 0 Å². The molecule has 17 heavy (non-hydrogen) atoms. The van der Waals surface area contributed by atoms with E-state index in [0.29, 0.717) is 19.4 Å². The maximum Gasteiger partial charge on any atom is 0.234 e. The molecule has 0 aliphatic heterocycles. The highest BCUT2D eigenvalue weighted by Gasteiger charge is 2.00. The summed E-state index contributed by atoms with van der Waals surface area (Å²) in [5.74, 6) is 0.846. The van der Waals surface area contributed by atoms with Gasteiger partial charge in [0.1, 0.15) is 5.75 Å². The Morgan fingerprint density at radius 2 is 2.06 bits per heavy atom. The van der Waals surface area contributed by atoms with Crippen molar-refractivity contribution in [3.8, 4) is 5.75 Å². The number of ether oxygens (including phenoxy) is 1. The van der Waals surface area contributed by atoms with Crippen LogP contribution < -0.4 is 15.6 Å². The third-order valence-electron chi connectivity index (χ3n) is 2.56. The largest absolute Gasteiger partial charge is 0.494 e. The Morgan fingerprint density at radius 3 is 2.71 bits per heavy atom. The van der Waals surface area contributed by atoms with Gasteiger partial charge in [0.05, 0.1) is 6.61 Å². The zero-order valence-corrected chi connectivity index (χ0v) is 10.7. The van der Waals surface area contributed by atoms with Crippen LogP contribution in [-0.2, 0) is 4.79 Å². The summed E-state index contributed by atoms with van der Waals surface area (Å²) in [4.78, 5) is 11.1. The molecule has 0 saturated carbocycles. The number of hydrogen-bond donors (Lipinski definition) is 2. The fraction of sp³-hybridized carbons (Fsp3) is 0.462. The standard InChI is InChI=1S/C13H20N2O2/c1-10-6-7-12(9-11(10)2)17-8-4-5-13(16)15-14-3/h6-7,9,14H,4-5,8H2,1-3H3,(H,15,16).